The van der Waals surface area contributed by atoms with Gasteiger partial charge < -0.3 is 20.1 Å². The molecule has 1 fully saturated rings. The van der Waals surface area contributed by atoms with E-state index >= 15 is 0 Å². The van der Waals surface area contributed by atoms with Crippen molar-refractivity contribution in [3.8, 4) is 0 Å². The lowest BCUT2D eigenvalue weighted by molar-refractivity contribution is -0.126. The molecule has 2 aliphatic rings. The van der Waals surface area contributed by atoms with Gasteiger partial charge in [0.2, 0.25) is 5.91 Å². The number of nitrogens with zero attached hydrogens (tertiary/aromatic N) is 2. The van der Waals surface area contributed by atoms with Gasteiger partial charge in [0.15, 0.2) is 0 Å². The predicted molar refractivity (Wildman–Crippen MR) is 129 cm³/mol. The second kappa shape index (κ2) is 9.26. The standard InChI is InChI=1S/C26H38N4O2/c1-26(2,17-29(3)4)16-27-24(31)18-11-13-30(14-12-18)25(32)19-9-10-23-21(15-19)20-7-5-6-8-22(20)28-23/h9-10,15,18,28H,5-8,11-14,16-17H2,1-4H3,(H,27,31). The smallest absolute Gasteiger partial charge is 0.253 e. The van der Waals surface area contributed by atoms with Crippen LogP contribution in [-0.4, -0.2) is 66.9 Å². The molecule has 2 aromatic rings. The minimum Gasteiger partial charge on any atom is -0.358 e. The van der Waals surface area contributed by atoms with Crippen molar-refractivity contribution in [2.45, 2.75) is 52.4 Å². The van der Waals surface area contributed by atoms with Crippen LogP contribution in [0.1, 0.15) is 61.1 Å². The molecule has 2 amide bonds. The minimum atomic E-state index is -0.00613. The third-order valence-corrected chi connectivity index (χ3v) is 6.98. The normalized spacial score (nSPS) is 17.6. The number of carbonyl (C=O) groups excluding carboxylic acids is 2. The molecule has 1 saturated heterocycles. The average molecular weight is 439 g/mol. The molecular weight excluding hydrogens is 400 g/mol. The summed E-state index contributed by atoms with van der Waals surface area (Å²) < 4.78 is 0. The van der Waals surface area contributed by atoms with Crippen molar-refractivity contribution in [2.24, 2.45) is 11.3 Å². The Balaban J connectivity index is 1.34. The molecule has 1 aliphatic heterocycles. The number of benzene rings is 1. The van der Waals surface area contributed by atoms with Crippen LogP contribution in [0.5, 0.6) is 0 Å². The zero-order chi connectivity index (χ0) is 22.9. The third-order valence-electron chi connectivity index (χ3n) is 6.98. The molecule has 0 atom stereocenters. The van der Waals surface area contributed by atoms with Crippen molar-refractivity contribution >= 4 is 22.7 Å². The van der Waals surface area contributed by atoms with Crippen LogP contribution < -0.4 is 5.32 Å². The second-order valence-electron chi connectivity index (χ2n) is 10.7. The molecule has 1 aromatic carbocycles. The molecule has 32 heavy (non-hydrogen) atoms. The van der Waals surface area contributed by atoms with Crippen LogP contribution in [-0.2, 0) is 17.6 Å². The zero-order valence-electron chi connectivity index (χ0n) is 20.1. The lowest BCUT2D eigenvalue weighted by Crippen LogP contribution is -2.46. The molecule has 2 heterocycles. The number of likely N-dealkylation sites (tertiary alicyclic amines) is 1. The van der Waals surface area contributed by atoms with E-state index < -0.39 is 0 Å². The largest absolute Gasteiger partial charge is 0.358 e. The first-order valence-electron chi connectivity index (χ1n) is 12.1. The first-order chi connectivity index (χ1) is 15.2. The van der Waals surface area contributed by atoms with E-state index in [2.05, 4.69) is 55.3 Å². The monoisotopic (exact) mass is 438 g/mol. The second-order valence-corrected chi connectivity index (χ2v) is 10.7. The van der Waals surface area contributed by atoms with E-state index in [1.807, 2.05) is 11.0 Å². The zero-order valence-corrected chi connectivity index (χ0v) is 20.1. The first-order valence-corrected chi connectivity index (χ1v) is 12.1. The Morgan fingerprint density at radius 2 is 1.88 bits per heavy atom. The molecule has 1 aromatic heterocycles. The van der Waals surface area contributed by atoms with Crippen molar-refractivity contribution in [3.05, 3.63) is 35.0 Å². The summed E-state index contributed by atoms with van der Waals surface area (Å²) in [6.07, 6.45) is 6.12. The molecule has 0 saturated carbocycles. The molecule has 174 valence electrons. The van der Waals surface area contributed by atoms with Gasteiger partial charge in [-0.15, -0.1) is 0 Å². The van der Waals surface area contributed by atoms with Gasteiger partial charge in [-0.1, -0.05) is 13.8 Å². The SMILES string of the molecule is CN(C)CC(C)(C)CNC(=O)C1CCN(C(=O)c2ccc3[nH]c4c(c3c2)CCCC4)CC1. The number of aromatic nitrogens is 1. The summed E-state index contributed by atoms with van der Waals surface area (Å²) in [5.74, 6) is 0.210. The number of carbonyl (C=O) groups is 2. The maximum atomic E-state index is 13.2. The van der Waals surface area contributed by atoms with Gasteiger partial charge in [0.25, 0.3) is 5.91 Å². The molecule has 6 nitrogen and oxygen atoms in total. The van der Waals surface area contributed by atoms with Gasteiger partial charge in [0, 0.05) is 54.3 Å². The van der Waals surface area contributed by atoms with Crippen molar-refractivity contribution in [3.63, 3.8) is 0 Å². The number of piperidine rings is 1. The van der Waals surface area contributed by atoms with E-state index in [-0.39, 0.29) is 23.1 Å². The highest BCUT2D eigenvalue weighted by Crippen LogP contribution is 2.30. The van der Waals surface area contributed by atoms with E-state index in [0.29, 0.717) is 19.6 Å². The van der Waals surface area contributed by atoms with E-state index in [1.54, 1.807) is 0 Å². The quantitative estimate of drug-likeness (QED) is 0.724. The predicted octanol–water partition coefficient (Wildman–Crippen LogP) is 3.60. The minimum absolute atomic E-state index is 0.00613. The Labute approximate surface area is 191 Å². The molecule has 1 aliphatic carbocycles. The van der Waals surface area contributed by atoms with Crippen LogP contribution in [0.15, 0.2) is 18.2 Å². The molecule has 0 spiro atoms. The van der Waals surface area contributed by atoms with Crippen LogP contribution in [0.4, 0.5) is 0 Å². The summed E-state index contributed by atoms with van der Waals surface area (Å²) >= 11 is 0. The molecule has 6 heteroatoms. The van der Waals surface area contributed by atoms with Crippen molar-refractivity contribution in [1.29, 1.82) is 0 Å². The summed E-state index contributed by atoms with van der Waals surface area (Å²) in [5, 5.41) is 4.36. The molecule has 0 radical (unpaired) electrons. The number of aromatic amines is 1. The average Bonchev–Trinajstić information content (AvgIpc) is 3.14. The highest BCUT2D eigenvalue weighted by atomic mass is 16.2. The lowest BCUT2D eigenvalue weighted by Gasteiger charge is -2.33. The van der Waals surface area contributed by atoms with Crippen LogP contribution in [0, 0.1) is 11.3 Å². The number of aryl methyl sites for hydroxylation is 2. The van der Waals surface area contributed by atoms with Gasteiger partial charge in [-0.3, -0.25) is 9.59 Å². The summed E-state index contributed by atoms with van der Waals surface area (Å²) in [7, 11) is 4.11. The van der Waals surface area contributed by atoms with Crippen LogP contribution in [0.25, 0.3) is 10.9 Å². The third kappa shape index (κ3) is 5.01. The molecule has 0 bridgehead atoms. The summed E-state index contributed by atoms with van der Waals surface area (Å²) in [6.45, 7) is 7.22. The van der Waals surface area contributed by atoms with Gasteiger partial charge in [-0.2, -0.15) is 0 Å². The van der Waals surface area contributed by atoms with Gasteiger partial charge in [0.05, 0.1) is 0 Å². The van der Waals surface area contributed by atoms with E-state index in [9.17, 15) is 9.59 Å². The number of nitrogens with one attached hydrogen (secondary N) is 2. The molecule has 4 rings (SSSR count). The first kappa shape index (κ1) is 22.8. The highest BCUT2D eigenvalue weighted by molar-refractivity contribution is 5.99. The summed E-state index contributed by atoms with van der Waals surface area (Å²) in [6, 6.07) is 6.07. The van der Waals surface area contributed by atoms with Crippen molar-refractivity contribution in [2.75, 3.05) is 40.3 Å². The number of rotatable bonds is 6. The maximum Gasteiger partial charge on any atom is 0.253 e. The van der Waals surface area contributed by atoms with E-state index in [1.165, 1.54) is 29.5 Å². The topological polar surface area (TPSA) is 68.4 Å². The highest BCUT2D eigenvalue weighted by Gasteiger charge is 2.29. The number of hydrogen-bond donors (Lipinski definition) is 2. The Kier molecular flexibility index (Phi) is 6.61. The van der Waals surface area contributed by atoms with E-state index in [4.69, 9.17) is 0 Å². The Hall–Kier alpha value is -2.34. The Morgan fingerprint density at radius 1 is 1.16 bits per heavy atom. The lowest BCUT2D eigenvalue weighted by atomic mass is 9.91. The van der Waals surface area contributed by atoms with Crippen LogP contribution >= 0.6 is 0 Å². The molecule has 2 N–H and O–H groups in total. The Morgan fingerprint density at radius 3 is 2.59 bits per heavy atom. The maximum absolute atomic E-state index is 13.2. The van der Waals surface area contributed by atoms with Gasteiger partial charge >= 0.3 is 0 Å². The fourth-order valence-electron chi connectivity index (χ4n) is 5.45. The number of hydrogen-bond acceptors (Lipinski definition) is 3. The number of amides is 2. The summed E-state index contributed by atoms with van der Waals surface area (Å²) in [5.41, 5.74) is 4.68. The number of fused-ring (bicyclic) bond motifs is 3. The summed E-state index contributed by atoms with van der Waals surface area (Å²) in [4.78, 5) is 33.5. The fraction of sp³-hybridized carbons (Fsp3) is 0.615. The van der Waals surface area contributed by atoms with Crippen LogP contribution in [0.3, 0.4) is 0 Å². The van der Waals surface area contributed by atoms with Crippen LogP contribution in [0.2, 0.25) is 0 Å². The van der Waals surface area contributed by atoms with E-state index in [0.717, 1.165) is 43.3 Å². The van der Waals surface area contributed by atoms with Gasteiger partial charge in [-0.05, 0) is 81.8 Å². The Bertz CT molecular complexity index is 983. The van der Waals surface area contributed by atoms with Gasteiger partial charge in [0.1, 0.15) is 0 Å². The molecule has 0 unspecified atom stereocenters. The van der Waals surface area contributed by atoms with Gasteiger partial charge in [-0.25, -0.2) is 0 Å². The van der Waals surface area contributed by atoms with Crippen molar-refractivity contribution < 1.29 is 9.59 Å². The van der Waals surface area contributed by atoms with Crippen molar-refractivity contribution in [1.82, 2.24) is 20.1 Å². The molecular formula is C26H38N4O2. The fourth-order valence-corrected chi connectivity index (χ4v) is 5.45. The number of H-pyrrole nitrogens is 1.